The van der Waals surface area contributed by atoms with Crippen LogP contribution in [-0.2, 0) is 9.53 Å². The molecule has 0 radical (unpaired) electrons. The van der Waals surface area contributed by atoms with Crippen LogP contribution in [0.3, 0.4) is 0 Å². The molecule has 1 fully saturated rings. The van der Waals surface area contributed by atoms with Crippen molar-refractivity contribution >= 4 is 17.6 Å². The van der Waals surface area contributed by atoms with Gasteiger partial charge >= 0.3 is 0 Å². The zero-order valence-corrected chi connectivity index (χ0v) is 18.2. The molecular formula is C22H36N4O3. The van der Waals surface area contributed by atoms with Gasteiger partial charge in [0.2, 0.25) is 5.91 Å². The van der Waals surface area contributed by atoms with Gasteiger partial charge in [0.05, 0.1) is 6.10 Å². The van der Waals surface area contributed by atoms with E-state index in [1.807, 2.05) is 38.1 Å². The predicted molar refractivity (Wildman–Crippen MR) is 118 cm³/mol. The highest BCUT2D eigenvalue weighted by Gasteiger charge is 2.20. The summed E-state index contributed by atoms with van der Waals surface area (Å²) in [7, 11) is 3.52. The average molecular weight is 405 g/mol. The summed E-state index contributed by atoms with van der Waals surface area (Å²) in [5.74, 6) is 2.37. The molecule has 0 atom stereocenters. The summed E-state index contributed by atoms with van der Waals surface area (Å²) in [6.45, 7) is 6.80. The minimum Gasteiger partial charge on any atom is -0.491 e. The number of rotatable bonds is 12. The Bertz CT molecular complexity index is 640. The standard InChI is InChI=1S/C22H36N4O3/c1-17(2)29-20-10-8-19(9-11-20)25-22(24-14-12-21(27)26(3)4)23-13-5-15-28-16-18-6-7-18/h8-11,17-18H,5-7,12-16H2,1-4H3,(H2,23,24,25). The second kappa shape index (κ2) is 12.3. The minimum atomic E-state index is 0.0838. The van der Waals surface area contributed by atoms with E-state index in [1.54, 1.807) is 19.0 Å². The fourth-order valence-corrected chi connectivity index (χ4v) is 2.57. The highest BCUT2D eigenvalue weighted by molar-refractivity contribution is 5.93. The zero-order chi connectivity index (χ0) is 21.1. The Labute approximate surface area is 174 Å². The van der Waals surface area contributed by atoms with Crippen LogP contribution in [0.4, 0.5) is 5.69 Å². The van der Waals surface area contributed by atoms with Gasteiger partial charge in [0.1, 0.15) is 5.75 Å². The van der Waals surface area contributed by atoms with E-state index < -0.39 is 0 Å². The Morgan fingerprint density at radius 1 is 1.24 bits per heavy atom. The largest absolute Gasteiger partial charge is 0.491 e. The van der Waals surface area contributed by atoms with Crippen LogP contribution in [0.1, 0.15) is 39.5 Å². The topological polar surface area (TPSA) is 75.2 Å². The third kappa shape index (κ3) is 10.2. The maximum atomic E-state index is 11.8. The molecule has 0 bridgehead atoms. The average Bonchev–Trinajstić information content (AvgIpc) is 3.49. The molecule has 1 saturated carbocycles. The summed E-state index contributed by atoms with van der Waals surface area (Å²) in [6, 6.07) is 7.78. The molecule has 0 saturated heterocycles. The van der Waals surface area contributed by atoms with Crippen molar-refractivity contribution in [2.45, 2.75) is 45.6 Å². The smallest absolute Gasteiger partial charge is 0.223 e. The van der Waals surface area contributed by atoms with E-state index in [0.29, 0.717) is 25.5 Å². The Hall–Kier alpha value is -2.28. The van der Waals surface area contributed by atoms with E-state index in [2.05, 4.69) is 15.6 Å². The maximum absolute atomic E-state index is 11.8. The van der Waals surface area contributed by atoms with Crippen molar-refractivity contribution in [2.24, 2.45) is 10.9 Å². The third-order valence-corrected chi connectivity index (χ3v) is 4.39. The van der Waals surface area contributed by atoms with Gasteiger partial charge in [-0.3, -0.25) is 9.79 Å². The van der Waals surface area contributed by atoms with E-state index in [1.165, 1.54) is 12.8 Å². The van der Waals surface area contributed by atoms with Gasteiger partial charge in [0, 0.05) is 52.5 Å². The molecule has 0 spiro atoms. The van der Waals surface area contributed by atoms with Crippen molar-refractivity contribution in [1.29, 1.82) is 0 Å². The van der Waals surface area contributed by atoms with Crippen LogP contribution >= 0.6 is 0 Å². The van der Waals surface area contributed by atoms with E-state index in [0.717, 1.165) is 37.0 Å². The van der Waals surface area contributed by atoms with Crippen molar-refractivity contribution in [2.75, 3.05) is 45.7 Å². The number of amides is 1. The molecule has 1 aromatic rings. The lowest BCUT2D eigenvalue weighted by Crippen LogP contribution is -2.34. The van der Waals surface area contributed by atoms with Crippen LogP contribution in [0.5, 0.6) is 5.75 Å². The number of hydrogen-bond acceptors (Lipinski definition) is 4. The first-order valence-electron chi connectivity index (χ1n) is 10.5. The molecule has 29 heavy (non-hydrogen) atoms. The quantitative estimate of drug-likeness (QED) is 0.318. The minimum absolute atomic E-state index is 0.0838. The summed E-state index contributed by atoms with van der Waals surface area (Å²) in [5.41, 5.74) is 0.913. The molecule has 1 aliphatic carbocycles. The molecule has 2 rings (SSSR count). The number of nitrogens with zero attached hydrogens (tertiary/aromatic N) is 2. The number of hydrogen-bond donors (Lipinski definition) is 2. The first-order chi connectivity index (χ1) is 13.9. The Balaban J connectivity index is 1.83. The summed E-state index contributed by atoms with van der Waals surface area (Å²) < 4.78 is 11.3. The van der Waals surface area contributed by atoms with Gasteiger partial charge in [-0.15, -0.1) is 0 Å². The van der Waals surface area contributed by atoms with E-state index in [4.69, 9.17) is 9.47 Å². The van der Waals surface area contributed by atoms with Gasteiger partial charge in [0.15, 0.2) is 5.96 Å². The number of carbonyl (C=O) groups excluding carboxylic acids is 1. The van der Waals surface area contributed by atoms with Crippen LogP contribution < -0.4 is 15.4 Å². The number of anilines is 1. The number of nitrogens with one attached hydrogen (secondary N) is 2. The van der Waals surface area contributed by atoms with Crippen LogP contribution in [-0.4, -0.2) is 63.3 Å². The van der Waals surface area contributed by atoms with Crippen molar-refractivity contribution in [3.63, 3.8) is 0 Å². The normalized spacial score (nSPS) is 14.0. The number of guanidine groups is 1. The molecule has 7 heteroatoms. The van der Waals surface area contributed by atoms with E-state index in [9.17, 15) is 4.79 Å². The number of ether oxygens (including phenoxy) is 2. The van der Waals surface area contributed by atoms with Crippen LogP contribution in [0.25, 0.3) is 0 Å². The Morgan fingerprint density at radius 2 is 1.97 bits per heavy atom. The number of benzene rings is 1. The zero-order valence-electron chi connectivity index (χ0n) is 18.2. The molecule has 7 nitrogen and oxygen atoms in total. The van der Waals surface area contributed by atoms with Gasteiger partial charge in [-0.1, -0.05) is 0 Å². The Morgan fingerprint density at radius 3 is 2.59 bits per heavy atom. The molecular weight excluding hydrogens is 368 g/mol. The molecule has 1 aliphatic rings. The summed E-state index contributed by atoms with van der Waals surface area (Å²) in [6.07, 6.45) is 4.05. The molecule has 0 unspecified atom stereocenters. The third-order valence-electron chi connectivity index (χ3n) is 4.39. The van der Waals surface area contributed by atoms with Crippen molar-refractivity contribution in [1.82, 2.24) is 10.2 Å². The van der Waals surface area contributed by atoms with Gasteiger partial charge in [-0.05, 0) is 63.3 Å². The van der Waals surface area contributed by atoms with Gasteiger partial charge < -0.3 is 25.0 Å². The lowest BCUT2D eigenvalue weighted by Gasteiger charge is -2.15. The van der Waals surface area contributed by atoms with Crippen LogP contribution in [0, 0.1) is 5.92 Å². The maximum Gasteiger partial charge on any atom is 0.223 e. The van der Waals surface area contributed by atoms with Crippen molar-refractivity contribution in [3.05, 3.63) is 24.3 Å². The summed E-state index contributed by atoms with van der Waals surface area (Å²) in [5, 5.41) is 6.54. The molecule has 0 aliphatic heterocycles. The second-order valence-electron chi connectivity index (χ2n) is 7.88. The Kier molecular flexibility index (Phi) is 9.77. The first kappa shape index (κ1) is 23.0. The van der Waals surface area contributed by atoms with Crippen molar-refractivity contribution < 1.29 is 14.3 Å². The van der Waals surface area contributed by atoms with Gasteiger partial charge in [0.25, 0.3) is 0 Å². The molecule has 162 valence electrons. The number of aliphatic imine (C=N–C) groups is 1. The molecule has 2 N–H and O–H groups in total. The molecule has 1 aromatic carbocycles. The summed E-state index contributed by atoms with van der Waals surface area (Å²) >= 11 is 0. The lowest BCUT2D eigenvalue weighted by molar-refractivity contribution is -0.128. The molecule has 1 amide bonds. The fraction of sp³-hybridized carbons (Fsp3) is 0.636. The van der Waals surface area contributed by atoms with Gasteiger partial charge in [-0.25, -0.2) is 0 Å². The fourth-order valence-electron chi connectivity index (χ4n) is 2.57. The summed E-state index contributed by atoms with van der Waals surface area (Å²) in [4.78, 5) is 18.0. The van der Waals surface area contributed by atoms with Crippen LogP contribution in [0.2, 0.25) is 0 Å². The molecule has 0 heterocycles. The number of carbonyl (C=O) groups is 1. The van der Waals surface area contributed by atoms with E-state index in [-0.39, 0.29) is 12.0 Å². The van der Waals surface area contributed by atoms with Crippen molar-refractivity contribution in [3.8, 4) is 5.75 Å². The SMILES string of the molecule is CC(C)Oc1ccc(NC(=NCCCOCC2CC2)NCCC(=O)N(C)C)cc1. The second-order valence-corrected chi connectivity index (χ2v) is 7.88. The van der Waals surface area contributed by atoms with Gasteiger partial charge in [-0.2, -0.15) is 0 Å². The monoisotopic (exact) mass is 404 g/mol. The molecule has 0 aromatic heterocycles. The van der Waals surface area contributed by atoms with Crippen LogP contribution in [0.15, 0.2) is 29.3 Å². The highest BCUT2D eigenvalue weighted by atomic mass is 16.5. The van der Waals surface area contributed by atoms with E-state index >= 15 is 0 Å². The highest BCUT2D eigenvalue weighted by Crippen LogP contribution is 2.28. The predicted octanol–water partition coefficient (Wildman–Crippen LogP) is 3.13. The first-order valence-corrected chi connectivity index (χ1v) is 10.5. The lowest BCUT2D eigenvalue weighted by atomic mass is 10.3.